The molecular formula is C21H25ClN4O2S. The molecule has 0 aliphatic heterocycles. The van der Waals surface area contributed by atoms with Gasteiger partial charge >= 0.3 is 0 Å². The molecule has 6 nitrogen and oxygen atoms in total. The zero-order valence-electron chi connectivity index (χ0n) is 16.7. The molecule has 8 heteroatoms. The maximum absolute atomic E-state index is 12.4. The van der Waals surface area contributed by atoms with Gasteiger partial charge in [-0.2, -0.15) is 0 Å². The largest absolute Gasteiger partial charge is 0.453 e. The van der Waals surface area contributed by atoms with Gasteiger partial charge in [-0.15, -0.1) is 10.2 Å². The van der Waals surface area contributed by atoms with E-state index in [1.165, 1.54) is 31.0 Å². The number of thioether (sulfide) groups is 1. The molecule has 1 N–H and O–H groups in total. The van der Waals surface area contributed by atoms with Crippen molar-refractivity contribution in [1.29, 1.82) is 0 Å². The van der Waals surface area contributed by atoms with Crippen LogP contribution in [-0.4, -0.2) is 32.5 Å². The Morgan fingerprint density at radius 1 is 1.31 bits per heavy atom. The van der Waals surface area contributed by atoms with Crippen molar-refractivity contribution in [2.24, 2.45) is 5.92 Å². The van der Waals surface area contributed by atoms with E-state index in [-0.39, 0.29) is 5.91 Å². The van der Waals surface area contributed by atoms with Crippen molar-refractivity contribution in [3.63, 3.8) is 0 Å². The summed E-state index contributed by atoms with van der Waals surface area (Å²) in [5.74, 6) is 2.23. The zero-order chi connectivity index (χ0) is 20.4. The summed E-state index contributed by atoms with van der Waals surface area (Å²) in [4.78, 5) is 12.4. The van der Waals surface area contributed by atoms with Crippen LogP contribution in [0.4, 0.5) is 0 Å². The third-order valence-electron chi connectivity index (χ3n) is 5.52. The van der Waals surface area contributed by atoms with Crippen molar-refractivity contribution in [2.45, 2.75) is 57.3 Å². The Morgan fingerprint density at radius 3 is 2.93 bits per heavy atom. The standard InChI is InChI=1S/C21H25ClN4O2S/c1-3-26-20(18-11-14-10-15(22)8-9-17(14)28-18)24-25-21(26)29-12-19(27)23-16-7-5-4-6-13(16)2/h8-11,13,16H,3-7,12H2,1-2H3,(H,23,27)/t13-,16-/m0/s1. The Bertz CT molecular complexity index is 1020. The first-order valence-corrected chi connectivity index (χ1v) is 11.5. The number of hydrogen-bond donors (Lipinski definition) is 1. The number of furan rings is 1. The third-order valence-corrected chi connectivity index (χ3v) is 6.72. The van der Waals surface area contributed by atoms with Gasteiger partial charge in [0, 0.05) is 23.0 Å². The van der Waals surface area contributed by atoms with Gasteiger partial charge in [-0.25, -0.2) is 0 Å². The maximum atomic E-state index is 12.4. The van der Waals surface area contributed by atoms with Gasteiger partial charge in [-0.1, -0.05) is 43.1 Å². The summed E-state index contributed by atoms with van der Waals surface area (Å²) in [7, 11) is 0. The highest BCUT2D eigenvalue weighted by Crippen LogP contribution is 2.31. The first-order valence-electron chi connectivity index (χ1n) is 10.1. The fraction of sp³-hybridized carbons (Fsp3) is 0.476. The lowest BCUT2D eigenvalue weighted by atomic mass is 9.86. The predicted octanol–water partition coefficient (Wildman–Crippen LogP) is 5.15. The van der Waals surface area contributed by atoms with Gasteiger partial charge < -0.3 is 9.73 Å². The molecule has 1 fully saturated rings. The van der Waals surface area contributed by atoms with Gasteiger partial charge in [0.2, 0.25) is 11.7 Å². The van der Waals surface area contributed by atoms with Gasteiger partial charge in [-0.05, 0) is 49.9 Å². The van der Waals surface area contributed by atoms with Crippen molar-refractivity contribution in [3.05, 3.63) is 29.3 Å². The topological polar surface area (TPSA) is 73.0 Å². The quantitative estimate of drug-likeness (QED) is 0.545. The summed E-state index contributed by atoms with van der Waals surface area (Å²) < 4.78 is 7.91. The summed E-state index contributed by atoms with van der Waals surface area (Å²) in [5, 5.41) is 14.1. The highest BCUT2D eigenvalue weighted by molar-refractivity contribution is 7.99. The molecule has 0 radical (unpaired) electrons. The van der Waals surface area contributed by atoms with Crippen LogP contribution in [0.1, 0.15) is 39.5 Å². The second kappa shape index (κ2) is 8.79. The summed E-state index contributed by atoms with van der Waals surface area (Å²) in [6.07, 6.45) is 4.72. The fourth-order valence-corrected chi connectivity index (χ4v) is 4.89. The number of nitrogens with zero attached hydrogens (tertiary/aromatic N) is 3. The number of rotatable bonds is 6. The second-order valence-electron chi connectivity index (χ2n) is 7.57. The molecule has 0 unspecified atom stereocenters. The van der Waals surface area contributed by atoms with E-state index in [0.29, 0.717) is 46.0 Å². The van der Waals surface area contributed by atoms with Crippen molar-refractivity contribution in [1.82, 2.24) is 20.1 Å². The van der Waals surface area contributed by atoms with Crippen LogP contribution in [0.5, 0.6) is 0 Å². The Hall–Kier alpha value is -1.99. The predicted molar refractivity (Wildman–Crippen MR) is 116 cm³/mol. The van der Waals surface area contributed by atoms with Gasteiger partial charge in [0.1, 0.15) is 5.58 Å². The Kier molecular flexibility index (Phi) is 6.15. The third kappa shape index (κ3) is 4.46. The first kappa shape index (κ1) is 20.3. The minimum Gasteiger partial charge on any atom is -0.453 e. The summed E-state index contributed by atoms with van der Waals surface area (Å²) in [6.45, 7) is 4.93. The number of carbonyl (C=O) groups excluding carboxylic acids is 1. The van der Waals surface area contributed by atoms with E-state index in [1.807, 2.05) is 29.7 Å². The Labute approximate surface area is 179 Å². The number of amides is 1. The molecular weight excluding hydrogens is 408 g/mol. The van der Waals surface area contributed by atoms with Crippen LogP contribution in [0.15, 0.2) is 33.8 Å². The number of fused-ring (bicyclic) bond motifs is 1. The molecule has 0 saturated heterocycles. The highest BCUT2D eigenvalue weighted by Gasteiger charge is 2.23. The number of nitrogens with one attached hydrogen (secondary N) is 1. The monoisotopic (exact) mass is 432 g/mol. The van der Waals surface area contributed by atoms with Crippen LogP contribution in [0.25, 0.3) is 22.6 Å². The van der Waals surface area contributed by atoms with Gasteiger partial charge in [-0.3, -0.25) is 9.36 Å². The van der Waals surface area contributed by atoms with Gasteiger partial charge in [0.05, 0.1) is 5.75 Å². The van der Waals surface area contributed by atoms with Crippen LogP contribution in [-0.2, 0) is 11.3 Å². The molecule has 1 aliphatic rings. The van der Waals surface area contributed by atoms with Gasteiger partial charge in [0.25, 0.3) is 0 Å². The molecule has 1 saturated carbocycles. The van der Waals surface area contributed by atoms with Crippen LogP contribution < -0.4 is 5.32 Å². The zero-order valence-corrected chi connectivity index (χ0v) is 18.2. The SMILES string of the molecule is CCn1c(SCC(=O)N[C@H]2CCCC[C@@H]2C)nnc1-c1cc2cc(Cl)ccc2o1. The number of benzene rings is 1. The summed E-state index contributed by atoms with van der Waals surface area (Å²) in [6, 6.07) is 7.72. The lowest BCUT2D eigenvalue weighted by Crippen LogP contribution is -2.41. The van der Waals surface area contributed by atoms with Crippen LogP contribution in [0.2, 0.25) is 5.02 Å². The van der Waals surface area contributed by atoms with Crippen molar-refractivity contribution in [2.75, 3.05) is 5.75 Å². The molecule has 29 heavy (non-hydrogen) atoms. The number of halogens is 1. The average molecular weight is 433 g/mol. The molecule has 154 valence electrons. The molecule has 2 atom stereocenters. The molecule has 0 spiro atoms. The lowest BCUT2D eigenvalue weighted by Gasteiger charge is -2.29. The molecule has 2 heterocycles. The van der Waals surface area contributed by atoms with E-state index in [2.05, 4.69) is 22.4 Å². The van der Waals surface area contributed by atoms with Crippen molar-refractivity contribution >= 4 is 40.2 Å². The van der Waals surface area contributed by atoms with E-state index in [0.717, 1.165) is 17.4 Å². The lowest BCUT2D eigenvalue weighted by molar-refractivity contribution is -0.119. The minimum atomic E-state index is 0.0549. The Balaban J connectivity index is 1.46. The van der Waals surface area contributed by atoms with E-state index in [9.17, 15) is 4.79 Å². The molecule has 1 amide bonds. The van der Waals surface area contributed by atoms with E-state index in [4.69, 9.17) is 16.0 Å². The molecule has 1 aliphatic carbocycles. The van der Waals surface area contributed by atoms with E-state index in [1.54, 1.807) is 6.07 Å². The fourth-order valence-electron chi connectivity index (χ4n) is 3.90. The van der Waals surface area contributed by atoms with Crippen LogP contribution in [0.3, 0.4) is 0 Å². The average Bonchev–Trinajstić information content (AvgIpc) is 3.31. The van der Waals surface area contributed by atoms with E-state index >= 15 is 0 Å². The van der Waals surface area contributed by atoms with Gasteiger partial charge in [0.15, 0.2) is 10.9 Å². The molecule has 4 rings (SSSR count). The van der Waals surface area contributed by atoms with Crippen LogP contribution >= 0.6 is 23.4 Å². The molecule has 2 aromatic heterocycles. The van der Waals surface area contributed by atoms with Crippen molar-refractivity contribution < 1.29 is 9.21 Å². The number of aromatic nitrogens is 3. The molecule has 0 bridgehead atoms. The summed E-state index contributed by atoms with van der Waals surface area (Å²) >= 11 is 7.48. The number of hydrogen-bond acceptors (Lipinski definition) is 5. The first-order chi connectivity index (χ1) is 14.0. The normalized spacial score (nSPS) is 19.6. The molecule has 1 aromatic carbocycles. The summed E-state index contributed by atoms with van der Waals surface area (Å²) in [5.41, 5.74) is 0.755. The van der Waals surface area contributed by atoms with Crippen LogP contribution in [0, 0.1) is 5.92 Å². The Morgan fingerprint density at radius 2 is 2.14 bits per heavy atom. The van der Waals surface area contributed by atoms with Crippen molar-refractivity contribution in [3.8, 4) is 11.6 Å². The minimum absolute atomic E-state index is 0.0549. The molecule has 3 aromatic rings. The maximum Gasteiger partial charge on any atom is 0.230 e. The highest BCUT2D eigenvalue weighted by atomic mass is 35.5. The second-order valence-corrected chi connectivity index (χ2v) is 8.95. The number of carbonyl (C=O) groups is 1. The smallest absolute Gasteiger partial charge is 0.230 e. The van der Waals surface area contributed by atoms with E-state index < -0.39 is 0 Å².